The Morgan fingerprint density at radius 3 is 2.54 bits per heavy atom. The molecule has 3 rings (SSSR count). The molecular weight excluding hydrogens is 320 g/mol. The zero-order chi connectivity index (χ0) is 17.4. The standard InChI is InChI=1S/C18H26N4OS/c1-17(2)9-12(10-18(3,4)22-17)20-16-19-11-13(23-5)15(21-16)14-7-6-8-24-14/h6-8,11-12,22H,9-10H2,1-5H3,(H,19,20,21). The Hall–Kier alpha value is -1.66. The fourth-order valence-corrected chi connectivity index (χ4v) is 4.51. The highest BCUT2D eigenvalue weighted by Gasteiger charge is 2.37. The van der Waals surface area contributed by atoms with Crippen LogP contribution in [0.5, 0.6) is 5.75 Å². The number of aromatic nitrogens is 2. The van der Waals surface area contributed by atoms with Crippen molar-refractivity contribution in [2.75, 3.05) is 12.4 Å². The lowest BCUT2D eigenvalue weighted by Gasteiger charge is -2.46. The van der Waals surface area contributed by atoms with Gasteiger partial charge < -0.3 is 15.4 Å². The fourth-order valence-electron chi connectivity index (χ4n) is 3.79. The van der Waals surface area contributed by atoms with Crippen molar-refractivity contribution in [3.05, 3.63) is 23.7 Å². The number of hydrogen-bond acceptors (Lipinski definition) is 6. The highest BCUT2D eigenvalue weighted by molar-refractivity contribution is 7.13. The first kappa shape index (κ1) is 17.2. The monoisotopic (exact) mass is 346 g/mol. The lowest BCUT2D eigenvalue weighted by molar-refractivity contribution is 0.170. The number of thiophene rings is 1. The SMILES string of the molecule is COc1cnc(NC2CC(C)(C)NC(C)(C)C2)nc1-c1cccs1. The molecule has 1 aliphatic rings. The van der Waals surface area contributed by atoms with Gasteiger partial charge in [-0.15, -0.1) is 11.3 Å². The molecule has 2 aromatic heterocycles. The molecule has 0 bridgehead atoms. The summed E-state index contributed by atoms with van der Waals surface area (Å²) in [4.78, 5) is 10.3. The Morgan fingerprint density at radius 1 is 1.25 bits per heavy atom. The van der Waals surface area contributed by atoms with Crippen LogP contribution in [-0.2, 0) is 0 Å². The van der Waals surface area contributed by atoms with Crippen LogP contribution in [0, 0.1) is 0 Å². The number of methoxy groups -OCH3 is 1. The van der Waals surface area contributed by atoms with Crippen molar-refractivity contribution in [3.63, 3.8) is 0 Å². The minimum Gasteiger partial charge on any atom is -0.493 e. The second kappa shape index (κ2) is 6.33. The van der Waals surface area contributed by atoms with Crippen LogP contribution < -0.4 is 15.4 Å². The fraction of sp³-hybridized carbons (Fsp3) is 0.556. The van der Waals surface area contributed by atoms with Gasteiger partial charge in [-0.25, -0.2) is 9.97 Å². The van der Waals surface area contributed by atoms with E-state index in [0.29, 0.717) is 17.7 Å². The maximum Gasteiger partial charge on any atom is 0.223 e. The number of nitrogens with one attached hydrogen (secondary N) is 2. The van der Waals surface area contributed by atoms with Crippen molar-refractivity contribution in [1.29, 1.82) is 0 Å². The number of rotatable bonds is 4. The number of nitrogens with zero attached hydrogens (tertiary/aromatic N) is 2. The number of ether oxygens (including phenoxy) is 1. The predicted octanol–water partition coefficient (Wildman–Crippen LogP) is 3.93. The molecule has 0 saturated carbocycles. The Labute approximate surface area is 147 Å². The van der Waals surface area contributed by atoms with Gasteiger partial charge in [-0.2, -0.15) is 0 Å². The molecule has 3 heterocycles. The van der Waals surface area contributed by atoms with Gasteiger partial charge >= 0.3 is 0 Å². The Morgan fingerprint density at radius 2 is 1.96 bits per heavy atom. The van der Waals surface area contributed by atoms with Gasteiger partial charge in [0.25, 0.3) is 0 Å². The molecule has 0 aliphatic carbocycles. The van der Waals surface area contributed by atoms with E-state index in [0.717, 1.165) is 23.4 Å². The molecule has 24 heavy (non-hydrogen) atoms. The third-order valence-electron chi connectivity index (χ3n) is 4.25. The minimum absolute atomic E-state index is 0.0858. The van der Waals surface area contributed by atoms with Crippen LogP contribution in [0.1, 0.15) is 40.5 Å². The van der Waals surface area contributed by atoms with Crippen molar-refractivity contribution in [2.24, 2.45) is 0 Å². The van der Waals surface area contributed by atoms with Gasteiger partial charge in [-0.1, -0.05) is 6.07 Å². The summed E-state index contributed by atoms with van der Waals surface area (Å²) in [6.45, 7) is 8.98. The van der Waals surface area contributed by atoms with Crippen LogP contribution >= 0.6 is 11.3 Å². The van der Waals surface area contributed by atoms with Crippen LogP contribution in [0.3, 0.4) is 0 Å². The van der Waals surface area contributed by atoms with E-state index >= 15 is 0 Å². The largest absolute Gasteiger partial charge is 0.493 e. The zero-order valence-corrected chi connectivity index (χ0v) is 15.8. The Bertz CT molecular complexity index is 681. The van der Waals surface area contributed by atoms with Gasteiger partial charge in [0.1, 0.15) is 5.69 Å². The van der Waals surface area contributed by atoms with Gasteiger partial charge in [-0.3, -0.25) is 0 Å². The topological polar surface area (TPSA) is 59.1 Å². The Kier molecular flexibility index (Phi) is 4.53. The van der Waals surface area contributed by atoms with E-state index in [-0.39, 0.29) is 11.1 Å². The number of hydrogen-bond donors (Lipinski definition) is 2. The molecule has 1 saturated heterocycles. The van der Waals surface area contributed by atoms with Crippen molar-refractivity contribution in [1.82, 2.24) is 15.3 Å². The van der Waals surface area contributed by atoms with Gasteiger partial charge in [0.15, 0.2) is 5.75 Å². The maximum absolute atomic E-state index is 5.42. The second-order valence-electron chi connectivity index (χ2n) is 7.73. The van der Waals surface area contributed by atoms with Crippen molar-refractivity contribution < 1.29 is 4.74 Å². The molecule has 2 N–H and O–H groups in total. The summed E-state index contributed by atoms with van der Waals surface area (Å²) < 4.78 is 5.42. The normalized spacial score (nSPS) is 19.9. The highest BCUT2D eigenvalue weighted by Crippen LogP contribution is 2.33. The van der Waals surface area contributed by atoms with Crippen LogP contribution in [0.25, 0.3) is 10.6 Å². The van der Waals surface area contributed by atoms with E-state index in [2.05, 4.69) is 49.4 Å². The summed E-state index contributed by atoms with van der Waals surface area (Å²) in [6, 6.07) is 4.41. The summed E-state index contributed by atoms with van der Waals surface area (Å²) in [5.74, 6) is 1.37. The lowest BCUT2D eigenvalue weighted by Crippen LogP contribution is -2.60. The van der Waals surface area contributed by atoms with Crippen LogP contribution in [0.15, 0.2) is 23.7 Å². The number of piperidine rings is 1. The molecule has 6 heteroatoms. The summed E-state index contributed by atoms with van der Waals surface area (Å²) in [7, 11) is 1.65. The summed E-state index contributed by atoms with van der Waals surface area (Å²) >= 11 is 1.65. The first-order chi connectivity index (χ1) is 11.3. The van der Waals surface area contributed by atoms with Gasteiger partial charge in [0, 0.05) is 17.1 Å². The quantitative estimate of drug-likeness (QED) is 0.878. The molecule has 0 spiro atoms. The smallest absolute Gasteiger partial charge is 0.223 e. The van der Waals surface area contributed by atoms with Crippen LogP contribution in [-0.4, -0.2) is 34.2 Å². The summed E-state index contributed by atoms with van der Waals surface area (Å²) in [5, 5.41) is 9.28. The number of anilines is 1. The first-order valence-electron chi connectivity index (χ1n) is 8.29. The first-order valence-corrected chi connectivity index (χ1v) is 9.17. The van der Waals surface area contributed by atoms with Crippen molar-refractivity contribution >= 4 is 17.3 Å². The van der Waals surface area contributed by atoms with Gasteiger partial charge in [-0.05, 0) is 52.0 Å². The average molecular weight is 347 g/mol. The molecule has 1 fully saturated rings. The molecule has 130 valence electrons. The second-order valence-corrected chi connectivity index (χ2v) is 8.68. The molecule has 0 amide bonds. The minimum atomic E-state index is 0.0858. The molecule has 0 radical (unpaired) electrons. The molecule has 0 aromatic carbocycles. The van der Waals surface area contributed by atoms with E-state index < -0.39 is 0 Å². The molecule has 1 aliphatic heterocycles. The van der Waals surface area contributed by atoms with Gasteiger partial charge in [0.05, 0.1) is 18.2 Å². The van der Waals surface area contributed by atoms with Gasteiger partial charge in [0.2, 0.25) is 5.95 Å². The zero-order valence-electron chi connectivity index (χ0n) is 15.0. The van der Waals surface area contributed by atoms with E-state index in [1.54, 1.807) is 24.6 Å². The predicted molar refractivity (Wildman–Crippen MR) is 99.8 cm³/mol. The van der Waals surface area contributed by atoms with Crippen LogP contribution in [0.4, 0.5) is 5.95 Å². The third-order valence-corrected chi connectivity index (χ3v) is 5.13. The van der Waals surface area contributed by atoms with E-state index in [1.165, 1.54) is 0 Å². The maximum atomic E-state index is 5.42. The Balaban J connectivity index is 1.84. The lowest BCUT2D eigenvalue weighted by atomic mass is 9.80. The molecule has 2 aromatic rings. The summed E-state index contributed by atoms with van der Waals surface area (Å²) in [5.41, 5.74) is 1.02. The van der Waals surface area contributed by atoms with Crippen molar-refractivity contribution in [3.8, 4) is 16.3 Å². The molecule has 5 nitrogen and oxygen atoms in total. The summed E-state index contributed by atoms with van der Waals surface area (Å²) in [6.07, 6.45) is 3.81. The van der Waals surface area contributed by atoms with E-state index in [4.69, 9.17) is 9.72 Å². The molecular formula is C18H26N4OS. The van der Waals surface area contributed by atoms with Crippen LogP contribution in [0.2, 0.25) is 0 Å². The average Bonchev–Trinajstić information content (AvgIpc) is 2.97. The molecule has 0 atom stereocenters. The van der Waals surface area contributed by atoms with Crippen molar-refractivity contribution in [2.45, 2.75) is 57.7 Å². The molecule has 0 unspecified atom stereocenters. The van der Waals surface area contributed by atoms with E-state index in [1.807, 2.05) is 11.4 Å². The highest BCUT2D eigenvalue weighted by atomic mass is 32.1. The third kappa shape index (κ3) is 3.87. The van der Waals surface area contributed by atoms with E-state index in [9.17, 15) is 0 Å².